The molecule has 7 heteroatoms. The quantitative estimate of drug-likeness (QED) is 0.721. The highest BCUT2D eigenvalue weighted by Gasteiger charge is 2.17. The Hall–Kier alpha value is -2.41. The molecule has 0 aliphatic heterocycles. The summed E-state index contributed by atoms with van der Waals surface area (Å²) in [4.78, 5) is 22.5. The lowest BCUT2D eigenvalue weighted by atomic mass is 10.2. The van der Waals surface area contributed by atoms with Crippen LogP contribution in [0.2, 0.25) is 0 Å². The van der Waals surface area contributed by atoms with Gasteiger partial charge in [-0.15, -0.1) is 0 Å². The minimum atomic E-state index is -1.48. The maximum absolute atomic E-state index is 12.0. The molecule has 1 heterocycles. The lowest BCUT2D eigenvalue weighted by molar-refractivity contribution is -0.146. The molecule has 1 atom stereocenters. The van der Waals surface area contributed by atoms with Gasteiger partial charge in [0.25, 0.3) is 5.91 Å². The Morgan fingerprint density at radius 2 is 2.10 bits per heavy atom. The van der Waals surface area contributed by atoms with Crippen LogP contribution in [-0.2, 0) is 11.8 Å². The number of benzene rings is 1. The topological polar surface area (TPSA) is 104 Å². The Morgan fingerprint density at radius 1 is 1.40 bits per heavy atom. The van der Waals surface area contributed by atoms with E-state index in [0.717, 1.165) is 10.9 Å². The number of nitrogens with one attached hydrogen (secondary N) is 1. The van der Waals surface area contributed by atoms with Crippen molar-refractivity contribution in [3.05, 3.63) is 30.0 Å². The number of aliphatic carboxylic acids is 1. The van der Waals surface area contributed by atoms with Gasteiger partial charge in [-0.3, -0.25) is 9.48 Å². The van der Waals surface area contributed by atoms with E-state index in [0.29, 0.717) is 0 Å². The molecule has 0 bridgehead atoms. The minimum absolute atomic E-state index is 0.0498. The molecule has 0 aliphatic carbocycles. The van der Waals surface area contributed by atoms with Gasteiger partial charge in [0.1, 0.15) is 0 Å². The van der Waals surface area contributed by atoms with Gasteiger partial charge in [0.2, 0.25) is 0 Å². The first kappa shape index (κ1) is 14.0. The van der Waals surface area contributed by atoms with Crippen LogP contribution in [0, 0.1) is 0 Å². The number of nitrogens with zero attached hydrogens (tertiary/aromatic N) is 2. The van der Waals surface area contributed by atoms with Gasteiger partial charge >= 0.3 is 5.97 Å². The average Bonchev–Trinajstić information content (AvgIpc) is 2.76. The molecule has 1 aromatic heterocycles. The van der Waals surface area contributed by atoms with Gasteiger partial charge < -0.3 is 15.5 Å². The number of aromatic nitrogens is 2. The lowest BCUT2D eigenvalue weighted by Gasteiger charge is -2.06. The highest BCUT2D eigenvalue weighted by molar-refractivity contribution is 6.04. The number of aryl methyl sites for hydroxylation is 1. The van der Waals surface area contributed by atoms with Crippen LogP contribution < -0.4 is 5.32 Å². The molecule has 0 spiro atoms. The van der Waals surface area contributed by atoms with E-state index in [4.69, 9.17) is 10.2 Å². The Bertz CT molecular complexity index is 650. The van der Waals surface area contributed by atoms with Crippen molar-refractivity contribution in [2.24, 2.45) is 7.05 Å². The second-order valence-electron chi connectivity index (χ2n) is 4.39. The Kier molecular flexibility index (Phi) is 3.99. The van der Waals surface area contributed by atoms with Crippen molar-refractivity contribution in [1.29, 1.82) is 0 Å². The summed E-state index contributed by atoms with van der Waals surface area (Å²) in [6, 6.07) is 7.32. The standard InChI is InChI=1S/C13H15N3O4/c1-16-9-5-3-2-4-8(9)11(15-16)12(18)14-7-6-10(17)13(19)20/h2-5,10,17H,6-7H2,1H3,(H,14,18)(H,19,20). The third kappa shape index (κ3) is 2.77. The summed E-state index contributed by atoms with van der Waals surface area (Å²) in [6.07, 6.45) is -1.53. The van der Waals surface area contributed by atoms with Crippen LogP contribution in [0.25, 0.3) is 10.9 Å². The summed E-state index contributed by atoms with van der Waals surface area (Å²) in [7, 11) is 1.74. The van der Waals surface area contributed by atoms with Crippen molar-refractivity contribution in [2.45, 2.75) is 12.5 Å². The third-order valence-corrected chi connectivity index (χ3v) is 2.96. The Labute approximate surface area is 114 Å². The molecule has 2 aromatic rings. The van der Waals surface area contributed by atoms with Crippen LogP contribution in [0.1, 0.15) is 16.9 Å². The highest BCUT2D eigenvalue weighted by atomic mass is 16.4. The van der Waals surface area contributed by atoms with Crippen LogP contribution >= 0.6 is 0 Å². The molecule has 0 saturated carbocycles. The van der Waals surface area contributed by atoms with Crippen molar-refractivity contribution in [3.63, 3.8) is 0 Å². The smallest absolute Gasteiger partial charge is 0.332 e. The first-order chi connectivity index (χ1) is 9.50. The number of aliphatic hydroxyl groups is 1. The second kappa shape index (κ2) is 5.70. The van der Waals surface area contributed by atoms with E-state index in [1.54, 1.807) is 17.8 Å². The number of rotatable bonds is 5. The van der Waals surface area contributed by atoms with Crippen LogP contribution in [0.4, 0.5) is 0 Å². The fourth-order valence-electron chi connectivity index (χ4n) is 1.91. The molecule has 0 saturated heterocycles. The maximum Gasteiger partial charge on any atom is 0.332 e. The number of carbonyl (C=O) groups is 2. The van der Waals surface area contributed by atoms with Gasteiger partial charge in [0.15, 0.2) is 11.8 Å². The third-order valence-electron chi connectivity index (χ3n) is 2.96. The van der Waals surface area contributed by atoms with Gasteiger partial charge in [0, 0.05) is 25.4 Å². The zero-order valence-corrected chi connectivity index (χ0v) is 10.9. The number of amides is 1. The fourth-order valence-corrected chi connectivity index (χ4v) is 1.91. The first-order valence-electron chi connectivity index (χ1n) is 6.11. The summed E-state index contributed by atoms with van der Waals surface area (Å²) in [5.41, 5.74) is 1.12. The monoisotopic (exact) mass is 277 g/mol. The van der Waals surface area contributed by atoms with Gasteiger partial charge in [-0.1, -0.05) is 18.2 Å². The van der Waals surface area contributed by atoms with Crippen LogP contribution in [0.5, 0.6) is 0 Å². The van der Waals surface area contributed by atoms with E-state index in [1.807, 2.05) is 18.2 Å². The summed E-state index contributed by atoms with van der Waals surface area (Å²) in [6.45, 7) is 0.0667. The van der Waals surface area contributed by atoms with Crippen molar-refractivity contribution < 1.29 is 19.8 Å². The largest absolute Gasteiger partial charge is 0.479 e. The van der Waals surface area contributed by atoms with Crippen molar-refractivity contribution >= 4 is 22.8 Å². The lowest BCUT2D eigenvalue weighted by Crippen LogP contribution is -2.30. The van der Waals surface area contributed by atoms with E-state index in [1.165, 1.54) is 0 Å². The van der Waals surface area contributed by atoms with Crippen LogP contribution in [0.15, 0.2) is 24.3 Å². The highest BCUT2D eigenvalue weighted by Crippen LogP contribution is 2.17. The number of carboxylic acids is 1. The average molecular weight is 277 g/mol. The van der Waals surface area contributed by atoms with Gasteiger partial charge in [-0.25, -0.2) is 4.79 Å². The van der Waals surface area contributed by atoms with Crippen LogP contribution in [-0.4, -0.2) is 44.5 Å². The molecule has 2 rings (SSSR count). The van der Waals surface area contributed by atoms with Crippen LogP contribution in [0.3, 0.4) is 0 Å². The molecule has 1 unspecified atom stereocenters. The van der Waals surface area contributed by atoms with E-state index in [9.17, 15) is 9.59 Å². The minimum Gasteiger partial charge on any atom is -0.479 e. The molecular weight excluding hydrogens is 262 g/mol. The number of hydrogen-bond donors (Lipinski definition) is 3. The molecule has 7 nitrogen and oxygen atoms in total. The molecule has 0 fully saturated rings. The fraction of sp³-hybridized carbons (Fsp3) is 0.308. The van der Waals surface area contributed by atoms with Gasteiger partial charge in [0.05, 0.1) is 5.52 Å². The van der Waals surface area contributed by atoms with Crippen molar-refractivity contribution in [2.75, 3.05) is 6.54 Å². The summed E-state index contributed by atoms with van der Waals surface area (Å²) < 4.78 is 1.61. The zero-order valence-electron chi connectivity index (χ0n) is 10.9. The predicted molar refractivity (Wildman–Crippen MR) is 71.3 cm³/mol. The van der Waals surface area contributed by atoms with Gasteiger partial charge in [-0.05, 0) is 6.07 Å². The zero-order chi connectivity index (χ0) is 14.7. The molecule has 20 heavy (non-hydrogen) atoms. The number of para-hydroxylation sites is 1. The molecular formula is C13H15N3O4. The van der Waals surface area contributed by atoms with E-state index in [2.05, 4.69) is 10.4 Å². The number of fused-ring (bicyclic) bond motifs is 1. The van der Waals surface area contributed by atoms with E-state index < -0.39 is 12.1 Å². The Balaban J connectivity index is 2.07. The van der Waals surface area contributed by atoms with Crippen molar-refractivity contribution in [3.8, 4) is 0 Å². The molecule has 106 valence electrons. The van der Waals surface area contributed by atoms with E-state index in [-0.39, 0.29) is 24.6 Å². The van der Waals surface area contributed by atoms with Crippen molar-refractivity contribution in [1.82, 2.24) is 15.1 Å². The molecule has 3 N–H and O–H groups in total. The predicted octanol–water partition coefficient (Wildman–Crippen LogP) is 0.139. The summed E-state index contributed by atoms with van der Waals surface area (Å²) >= 11 is 0. The first-order valence-corrected chi connectivity index (χ1v) is 6.11. The SMILES string of the molecule is Cn1nc(C(=O)NCCC(O)C(=O)O)c2ccccc21. The number of carbonyl (C=O) groups excluding carboxylic acids is 1. The molecule has 1 amide bonds. The Morgan fingerprint density at radius 3 is 2.80 bits per heavy atom. The molecule has 1 aromatic carbocycles. The normalized spacial score (nSPS) is 12.3. The number of hydrogen-bond acceptors (Lipinski definition) is 4. The number of aliphatic hydroxyl groups excluding tert-OH is 1. The van der Waals surface area contributed by atoms with Gasteiger partial charge in [-0.2, -0.15) is 5.10 Å². The maximum atomic E-state index is 12.0. The molecule has 0 radical (unpaired) electrons. The van der Waals surface area contributed by atoms with E-state index >= 15 is 0 Å². The number of carboxylic acid groups (broad SMARTS) is 1. The summed E-state index contributed by atoms with van der Waals surface area (Å²) in [5.74, 6) is -1.69. The molecule has 0 aliphatic rings. The summed E-state index contributed by atoms with van der Waals surface area (Å²) in [5, 5.41) is 25.1. The second-order valence-corrected chi connectivity index (χ2v) is 4.39.